The number of esters is 1. The van der Waals surface area contributed by atoms with Gasteiger partial charge in [-0.3, -0.25) is 4.79 Å². The molecule has 0 atom stereocenters. The van der Waals surface area contributed by atoms with Crippen LogP contribution in [0, 0.1) is 0 Å². The van der Waals surface area contributed by atoms with Crippen LogP contribution in [0.2, 0.25) is 10.0 Å². The molecular formula is C16H17Cl2NO5S. The van der Waals surface area contributed by atoms with Crippen molar-refractivity contribution in [2.45, 2.75) is 31.4 Å². The molecule has 0 aliphatic rings. The Morgan fingerprint density at radius 2 is 1.96 bits per heavy atom. The summed E-state index contributed by atoms with van der Waals surface area (Å²) in [5, 5.41) is 0.336. The normalized spacial score (nSPS) is 11.9. The molecular weight excluding hydrogens is 389 g/mol. The largest absolute Gasteiger partial charge is 0.468 e. The Balaban J connectivity index is 2.34. The molecule has 1 aromatic carbocycles. The molecule has 6 nitrogen and oxygen atoms in total. The third-order valence-corrected chi connectivity index (χ3v) is 5.64. The molecule has 0 fully saturated rings. The van der Waals surface area contributed by atoms with Gasteiger partial charge in [0.25, 0.3) is 0 Å². The summed E-state index contributed by atoms with van der Waals surface area (Å²) in [7, 11) is -4.02. The Kier molecular flexibility index (Phi) is 6.51. The van der Waals surface area contributed by atoms with Gasteiger partial charge in [0, 0.05) is 0 Å². The number of benzene rings is 1. The Bertz CT molecular complexity index is 834. The van der Waals surface area contributed by atoms with Crippen molar-refractivity contribution < 1.29 is 22.4 Å². The molecule has 2 rings (SSSR count). The van der Waals surface area contributed by atoms with Gasteiger partial charge in [-0.15, -0.1) is 0 Å². The van der Waals surface area contributed by atoms with Gasteiger partial charge in [0.05, 0.1) is 33.9 Å². The van der Waals surface area contributed by atoms with Gasteiger partial charge in [0.15, 0.2) is 0 Å². The van der Waals surface area contributed by atoms with Crippen LogP contribution in [0.25, 0.3) is 0 Å². The SMILES string of the molecule is CC(C)OC(=O)CN(Cc1ccco1)S(=O)(=O)c1ccc(Cl)c(Cl)c1. The van der Waals surface area contributed by atoms with Crippen LogP contribution in [0.3, 0.4) is 0 Å². The first-order valence-electron chi connectivity index (χ1n) is 7.37. The predicted molar refractivity (Wildman–Crippen MR) is 94.0 cm³/mol. The summed E-state index contributed by atoms with van der Waals surface area (Å²) >= 11 is 11.8. The first-order chi connectivity index (χ1) is 11.7. The number of nitrogens with zero attached hydrogens (tertiary/aromatic N) is 1. The molecule has 0 aliphatic heterocycles. The summed E-state index contributed by atoms with van der Waals surface area (Å²) in [6, 6.07) is 7.19. The molecule has 136 valence electrons. The van der Waals surface area contributed by atoms with Crippen LogP contribution in [0.15, 0.2) is 45.9 Å². The lowest BCUT2D eigenvalue weighted by Crippen LogP contribution is -2.36. The van der Waals surface area contributed by atoms with E-state index in [-0.39, 0.29) is 27.6 Å². The van der Waals surface area contributed by atoms with Crippen LogP contribution in [-0.4, -0.2) is 31.3 Å². The number of sulfonamides is 1. The molecule has 0 N–H and O–H groups in total. The van der Waals surface area contributed by atoms with Crippen LogP contribution >= 0.6 is 23.2 Å². The number of ether oxygens (including phenoxy) is 1. The maximum absolute atomic E-state index is 12.9. The quantitative estimate of drug-likeness (QED) is 0.655. The zero-order chi connectivity index (χ0) is 18.6. The van der Waals surface area contributed by atoms with Crippen molar-refractivity contribution in [2.75, 3.05) is 6.54 Å². The summed E-state index contributed by atoms with van der Waals surface area (Å²) in [5.41, 5.74) is 0. The molecule has 2 aromatic rings. The van der Waals surface area contributed by atoms with Crippen molar-refractivity contribution in [1.29, 1.82) is 0 Å². The number of rotatable bonds is 7. The predicted octanol–water partition coefficient (Wildman–Crippen LogP) is 3.73. The van der Waals surface area contributed by atoms with E-state index in [4.69, 9.17) is 32.4 Å². The molecule has 25 heavy (non-hydrogen) atoms. The lowest BCUT2D eigenvalue weighted by Gasteiger charge is -2.21. The Hall–Kier alpha value is -1.54. The van der Waals surface area contributed by atoms with Gasteiger partial charge in [-0.25, -0.2) is 8.42 Å². The Morgan fingerprint density at radius 1 is 1.24 bits per heavy atom. The highest BCUT2D eigenvalue weighted by Gasteiger charge is 2.29. The molecule has 1 aromatic heterocycles. The average molecular weight is 406 g/mol. The Morgan fingerprint density at radius 3 is 2.52 bits per heavy atom. The third kappa shape index (κ3) is 5.22. The maximum atomic E-state index is 12.9. The maximum Gasteiger partial charge on any atom is 0.321 e. The molecule has 0 saturated heterocycles. The second-order valence-electron chi connectivity index (χ2n) is 5.47. The smallest absolute Gasteiger partial charge is 0.321 e. The molecule has 0 amide bonds. The van der Waals surface area contributed by atoms with Crippen molar-refractivity contribution in [3.8, 4) is 0 Å². The minimum absolute atomic E-state index is 0.0780. The van der Waals surface area contributed by atoms with Gasteiger partial charge in [0.2, 0.25) is 10.0 Å². The van der Waals surface area contributed by atoms with Gasteiger partial charge < -0.3 is 9.15 Å². The fourth-order valence-electron chi connectivity index (χ4n) is 2.03. The van der Waals surface area contributed by atoms with E-state index in [0.717, 1.165) is 4.31 Å². The summed E-state index contributed by atoms with van der Waals surface area (Å²) in [6.07, 6.45) is 1.07. The lowest BCUT2D eigenvalue weighted by molar-refractivity contribution is -0.147. The fraction of sp³-hybridized carbons (Fsp3) is 0.312. The zero-order valence-corrected chi connectivity index (χ0v) is 15.9. The first kappa shape index (κ1) is 19.8. The summed E-state index contributed by atoms with van der Waals surface area (Å²) in [4.78, 5) is 11.9. The summed E-state index contributed by atoms with van der Waals surface area (Å²) in [6.45, 7) is 2.79. The highest BCUT2D eigenvalue weighted by Crippen LogP contribution is 2.27. The molecule has 0 spiro atoms. The molecule has 0 unspecified atom stereocenters. The van der Waals surface area contributed by atoms with Crippen molar-refractivity contribution in [3.63, 3.8) is 0 Å². The second kappa shape index (κ2) is 8.23. The van der Waals surface area contributed by atoms with Gasteiger partial charge in [-0.1, -0.05) is 23.2 Å². The minimum atomic E-state index is -4.02. The molecule has 0 bridgehead atoms. The van der Waals surface area contributed by atoms with Crippen molar-refractivity contribution in [3.05, 3.63) is 52.4 Å². The molecule has 1 heterocycles. The monoisotopic (exact) mass is 405 g/mol. The van der Waals surface area contributed by atoms with Gasteiger partial charge >= 0.3 is 5.97 Å². The topological polar surface area (TPSA) is 76.8 Å². The number of hydrogen-bond acceptors (Lipinski definition) is 5. The highest BCUT2D eigenvalue weighted by atomic mass is 35.5. The van der Waals surface area contributed by atoms with E-state index in [0.29, 0.717) is 5.76 Å². The number of hydrogen-bond donors (Lipinski definition) is 0. The third-order valence-electron chi connectivity index (χ3n) is 3.11. The van der Waals surface area contributed by atoms with Gasteiger partial charge in [-0.05, 0) is 44.2 Å². The van der Waals surface area contributed by atoms with Crippen LogP contribution in [0.4, 0.5) is 0 Å². The van der Waals surface area contributed by atoms with E-state index in [9.17, 15) is 13.2 Å². The Labute approximate surface area is 156 Å². The van der Waals surface area contributed by atoms with Crippen molar-refractivity contribution in [1.82, 2.24) is 4.31 Å². The van der Waals surface area contributed by atoms with E-state index in [2.05, 4.69) is 0 Å². The first-order valence-corrected chi connectivity index (χ1v) is 9.57. The summed E-state index contributed by atoms with van der Waals surface area (Å²) in [5.74, 6) is -0.272. The van der Waals surface area contributed by atoms with Crippen molar-refractivity contribution >= 4 is 39.2 Å². The van der Waals surface area contributed by atoms with Crippen LogP contribution in [-0.2, 0) is 26.1 Å². The molecule has 0 radical (unpaired) electrons. The van der Waals surface area contributed by atoms with Crippen LogP contribution in [0.5, 0.6) is 0 Å². The lowest BCUT2D eigenvalue weighted by atomic mass is 10.4. The highest BCUT2D eigenvalue weighted by molar-refractivity contribution is 7.89. The van der Waals surface area contributed by atoms with Crippen LogP contribution in [0.1, 0.15) is 19.6 Å². The van der Waals surface area contributed by atoms with Crippen molar-refractivity contribution in [2.24, 2.45) is 0 Å². The molecule has 9 heteroatoms. The van der Waals surface area contributed by atoms with Gasteiger partial charge in [-0.2, -0.15) is 4.31 Å². The van der Waals surface area contributed by atoms with E-state index in [1.165, 1.54) is 24.5 Å². The van der Waals surface area contributed by atoms with E-state index >= 15 is 0 Å². The number of furan rings is 1. The zero-order valence-electron chi connectivity index (χ0n) is 13.6. The number of carbonyl (C=O) groups excluding carboxylic acids is 1. The second-order valence-corrected chi connectivity index (χ2v) is 8.22. The molecule has 0 aliphatic carbocycles. The summed E-state index contributed by atoms with van der Waals surface area (Å²) < 4.78 is 37.1. The standard InChI is InChI=1S/C16H17Cl2NO5S/c1-11(2)24-16(20)10-19(9-12-4-3-7-23-12)25(21,22)13-5-6-14(17)15(18)8-13/h3-8,11H,9-10H2,1-2H3. The van der Waals surface area contributed by atoms with E-state index in [1.54, 1.807) is 26.0 Å². The fourth-order valence-corrected chi connectivity index (χ4v) is 3.77. The number of carbonyl (C=O) groups is 1. The number of halogens is 2. The van der Waals surface area contributed by atoms with E-state index < -0.39 is 22.5 Å². The van der Waals surface area contributed by atoms with E-state index in [1.807, 2.05) is 0 Å². The van der Waals surface area contributed by atoms with Gasteiger partial charge in [0.1, 0.15) is 12.3 Å². The molecule has 0 saturated carbocycles. The average Bonchev–Trinajstić information content (AvgIpc) is 3.01. The minimum Gasteiger partial charge on any atom is -0.468 e. The van der Waals surface area contributed by atoms with Crippen LogP contribution < -0.4 is 0 Å².